The number of hydrogen-bond acceptors (Lipinski definition) is 7. The monoisotopic (exact) mass is 417 g/mol. The van der Waals surface area contributed by atoms with E-state index in [0.717, 1.165) is 23.9 Å². The van der Waals surface area contributed by atoms with Gasteiger partial charge >= 0.3 is 0 Å². The third kappa shape index (κ3) is 3.18. The molecule has 2 N–H and O–H groups in total. The molecule has 11 heteroatoms. The summed E-state index contributed by atoms with van der Waals surface area (Å²) in [7, 11) is 0. The lowest BCUT2D eigenvalue weighted by atomic mass is 9.90. The minimum Gasteiger partial charge on any atom is -0.491 e. The highest BCUT2D eigenvalue weighted by Gasteiger charge is 2.53. The summed E-state index contributed by atoms with van der Waals surface area (Å²) in [5, 5.41) is 14.9. The number of rotatable bonds is 3. The Balaban J connectivity index is 1.70. The van der Waals surface area contributed by atoms with Gasteiger partial charge in [0.2, 0.25) is 5.91 Å². The molecule has 1 unspecified atom stereocenters. The number of imide groups is 1. The molecule has 1 spiro atoms. The molecule has 1 saturated heterocycles. The maximum absolute atomic E-state index is 14.3. The summed E-state index contributed by atoms with van der Waals surface area (Å²) < 4.78 is 18.6. The van der Waals surface area contributed by atoms with E-state index in [9.17, 15) is 28.9 Å². The first kappa shape index (κ1) is 18.9. The molecule has 148 valence electrons. The van der Waals surface area contributed by atoms with Crippen molar-refractivity contribution in [3.8, 4) is 5.75 Å². The fourth-order valence-corrected chi connectivity index (χ4v) is 4.32. The summed E-state index contributed by atoms with van der Waals surface area (Å²) in [6, 6.07) is 7.03. The number of anilines is 1. The van der Waals surface area contributed by atoms with E-state index in [0.29, 0.717) is 0 Å². The van der Waals surface area contributed by atoms with Gasteiger partial charge in [0.1, 0.15) is 16.3 Å². The second kappa shape index (κ2) is 6.85. The summed E-state index contributed by atoms with van der Waals surface area (Å²) in [5.74, 6) is -1.82. The van der Waals surface area contributed by atoms with Crippen molar-refractivity contribution in [1.82, 2.24) is 5.32 Å². The zero-order chi connectivity index (χ0) is 20.8. The van der Waals surface area contributed by atoms with E-state index in [4.69, 9.17) is 4.74 Å². The fourth-order valence-electron chi connectivity index (χ4n) is 3.27. The minimum absolute atomic E-state index is 0.00447. The van der Waals surface area contributed by atoms with E-state index in [1.807, 2.05) is 0 Å². The second-order valence-electron chi connectivity index (χ2n) is 6.36. The molecule has 1 fully saturated rings. The summed E-state index contributed by atoms with van der Waals surface area (Å²) in [4.78, 5) is 46.8. The van der Waals surface area contributed by atoms with Gasteiger partial charge in [-0.05, 0) is 30.0 Å². The van der Waals surface area contributed by atoms with Crippen LogP contribution in [-0.4, -0.2) is 28.6 Å². The summed E-state index contributed by atoms with van der Waals surface area (Å²) in [6.45, 7) is 0.0900. The van der Waals surface area contributed by atoms with Crippen LogP contribution in [0.3, 0.4) is 0 Å². The molecule has 0 bridgehead atoms. The Morgan fingerprint density at radius 2 is 2.00 bits per heavy atom. The van der Waals surface area contributed by atoms with Crippen LogP contribution in [0.25, 0.3) is 0 Å². The maximum Gasteiger partial charge on any atom is 0.287 e. The average molecular weight is 417 g/mol. The molecular weight excluding hydrogens is 405 g/mol. The lowest BCUT2D eigenvalue weighted by Crippen LogP contribution is -2.39. The molecule has 2 aromatic carbocycles. The Hall–Kier alpha value is -3.47. The van der Waals surface area contributed by atoms with Crippen LogP contribution in [0.2, 0.25) is 0 Å². The third-order valence-electron chi connectivity index (χ3n) is 4.63. The summed E-state index contributed by atoms with van der Waals surface area (Å²) in [6.07, 6.45) is 0.168. The highest BCUT2D eigenvalue weighted by molar-refractivity contribution is 8.15. The van der Waals surface area contributed by atoms with Gasteiger partial charge in [-0.3, -0.25) is 29.8 Å². The van der Waals surface area contributed by atoms with Crippen LogP contribution in [0.5, 0.6) is 5.75 Å². The molecule has 0 saturated carbocycles. The lowest BCUT2D eigenvalue weighted by molar-refractivity contribution is -0.384. The molecule has 2 heterocycles. The predicted molar refractivity (Wildman–Crippen MR) is 100 cm³/mol. The summed E-state index contributed by atoms with van der Waals surface area (Å²) in [5.41, 5.74) is 0.0949. The number of nitro groups is 1. The maximum atomic E-state index is 14.3. The van der Waals surface area contributed by atoms with Gasteiger partial charge in [0.25, 0.3) is 16.8 Å². The summed E-state index contributed by atoms with van der Waals surface area (Å²) >= 11 is 0.754. The van der Waals surface area contributed by atoms with E-state index in [1.54, 1.807) is 0 Å². The topological polar surface area (TPSA) is 128 Å². The third-order valence-corrected chi connectivity index (χ3v) is 5.87. The fraction of sp³-hybridized carbons (Fsp3) is 0.167. The molecule has 1 atom stereocenters. The zero-order valence-corrected chi connectivity index (χ0v) is 15.4. The van der Waals surface area contributed by atoms with Crippen molar-refractivity contribution in [2.24, 2.45) is 0 Å². The van der Waals surface area contributed by atoms with Crippen LogP contribution < -0.4 is 15.4 Å². The van der Waals surface area contributed by atoms with Gasteiger partial charge in [-0.15, -0.1) is 0 Å². The molecule has 0 aromatic heterocycles. The van der Waals surface area contributed by atoms with E-state index in [1.165, 1.54) is 24.3 Å². The first-order valence-corrected chi connectivity index (χ1v) is 9.19. The first-order chi connectivity index (χ1) is 13.8. The van der Waals surface area contributed by atoms with Crippen LogP contribution in [-0.2, 0) is 9.54 Å². The van der Waals surface area contributed by atoms with Crippen molar-refractivity contribution in [1.29, 1.82) is 0 Å². The molecule has 2 aromatic rings. The Bertz CT molecular complexity index is 1070. The van der Waals surface area contributed by atoms with Crippen LogP contribution in [0.4, 0.5) is 20.6 Å². The van der Waals surface area contributed by atoms with Crippen molar-refractivity contribution < 1.29 is 28.4 Å². The number of non-ortho nitro benzene ring substituents is 1. The van der Waals surface area contributed by atoms with E-state index in [2.05, 4.69) is 10.6 Å². The number of carbonyl (C=O) groups excluding carboxylic acids is 3. The van der Waals surface area contributed by atoms with Crippen molar-refractivity contribution in [2.75, 3.05) is 11.9 Å². The Morgan fingerprint density at radius 3 is 2.62 bits per heavy atom. The molecule has 2 aliphatic heterocycles. The standard InChI is InChI=1S/C18H12FN3O6S/c19-10-7-12-14(28-6-5-18(12)16(24)21-17(25)29-18)13(8-10)20-15(23)9-1-3-11(4-2-9)22(26)27/h1-4,7-8H,5-6H2,(H,20,23)(H,21,24,25). The van der Waals surface area contributed by atoms with Crippen molar-refractivity contribution in [2.45, 2.75) is 11.2 Å². The Kier molecular flexibility index (Phi) is 4.46. The van der Waals surface area contributed by atoms with Crippen molar-refractivity contribution >= 4 is 40.2 Å². The highest BCUT2D eigenvalue weighted by Crippen LogP contribution is 2.52. The zero-order valence-electron chi connectivity index (χ0n) is 14.6. The lowest BCUT2D eigenvalue weighted by Gasteiger charge is -2.32. The van der Waals surface area contributed by atoms with E-state index >= 15 is 0 Å². The van der Waals surface area contributed by atoms with Crippen LogP contribution in [0.1, 0.15) is 22.3 Å². The molecule has 0 aliphatic carbocycles. The van der Waals surface area contributed by atoms with Gasteiger partial charge in [0.05, 0.1) is 17.2 Å². The van der Waals surface area contributed by atoms with Crippen LogP contribution >= 0.6 is 11.8 Å². The average Bonchev–Trinajstić information content (AvgIpc) is 2.96. The number of amides is 3. The van der Waals surface area contributed by atoms with Gasteiger partial charge in [-0.2, -0.15) is 0 Å². The van der Waals surface area contributed by atoms with Crippen molar-refractivity contribution in [3.63, 3.8) is 0 Å². The highest BCUT2D eigenvalue weighted by atomic mass is 32.2. The van der Waals surface area contributed by atoms with Crippen molar-refractivity contribution in [3.05, 3.63) is 63.5 Å². The molecule has 3 amide bonds. The number of nitrogens with zero attached hydrogens (tertiary/aromatic N) is 1. The molecule has 9 nitrogen and oxygen atoms in total. The molecule has 4 rings (SSSR count). The van der Waals surface area contributed by atoms with Gasteiger partial charge in [0.15, 0.2) is 0 Å². The number of ether oxygens (including phenoxy) is 1. The van der Waals surface area contributed by atoms with Gasteiger partial charge < -0.3 is 10.1 Å². The Labute approximate surface area is 166 Å². The SMILES string of the molecule is O=C1NC(=O)C2(CCOc3c(NC(=O)c4ccc([N+](=O)[O-])cc4)cc(F)cc32)S1. The smallest absolute Gasteiger partial charge is 0.287 e. The van der Waals surface area contributed by atoms with Crippen LogP contribution in [0, 0.1) is 15.9 Å². The number of benzene rings is 2. The van der Waals surface area contributed by atoms with Gasteiger partial charge in [-0.1, -0.05) is 0 Å². The number of thioether (sulfide) groups is 1. The number of fused-ring (bicyclic) bond motifs is 2. The van der Waals surface area contributed by atoms with Gasteiger partial charge in [-0.25, -0.2) is 4.39 Å². The molecular formula is C18H12FN3O6S. The first-order valence-electron chi connectivity index (χ1n) is 8.37. The van der Waals surface area contributed by atoms with Gasteiger partial charge in [0, 0.05) is 35.7 Å². The van der Waals surface area contributed by atoms with E-state index < -0.39 is 32.5 Å². The number of carbonyl (C=O) groups is 3. The number of nitro benzene ring substituents is 1. The molecule has 0 radical (unpaired) electrons. The molecule has 29 heavy (non-hydrogen) atoms. The number of hydrogen-bond donors (Lipinski definition) is 2. The van der Waals surface area contributed by atoms with Crippen LogP contribution in [0.15, 0.2) is 36.4 Å². The number of nitrogens with one attached hydrogen (secondary N) is 2. The predicted octanol–water partition coefficient (Wildman–Crippen LogP) is 2.95. The van der Waals surface area contributed by atoms with E-state index in [-0.39, 0.29) is 41.3 Å². The second-order valence-corrected chi connectivity index (χ2v) is 7.63. The Morgan fingerprint density at radius 1 is 1.28 bits per heavy atom. The normalized spacial score (nSPS) is 20.0. The molecule has 2 aliphatic rings. The number of halogens is 1. The quantitative estimate of drug-likeness (QED) is 0.580. The minimum atomic E-state index is -1.32. The largest absolute Gasteiger partial charge is 0.491 e.